The Morgan fingerprint density at radius 1 is 0.606 bits per heavy atom. The van der Waals surface area contributed by atoms with Crippen LogP contribution in [0, 0.1) is 0 Å². The van der Waals surface area contributed by atoms with Crippen molar-refractivity contribution in [1.29, 1.82) is 0 Å². The SMILES string of the molecule is C=CC[Si](CC=C)(OCC)c1ccc(Nc2ccc([Si](CC=C)(CC=C)OCC)cc2)cc1. The lowest BCUT2D eigenvalue weighted by Gasteiger charge is -2.30. The number of benzene rings is 2. The van der Waals surface area contributed by atoms with Crippen molar-refractivity contribution >= 4 is 38.4 Å². The van der Waals surface area contributed by atoms with Crippen LogP contribution < -0.4 is 15.7 Å². The van der Waals surface area contributed by atoms with E-state index >= 15 is 0 Å². The molecule has 0 aliphatic heterocycles. The topological polar surface area (TPSA) is 30.5 Å². The number of rotatable bonds is 16. The molecule has 0 amide bonds. The third-order valence-corrected chi connectivity index (χ3v) is 14.1. The molecule has 2 rings (SSSR count). The molecule has 3 nitrogen and oxygen atoms in total. The molecule has 2 aromatic carbocycles. The van der Waals surface area contributed by atoms with Crippen molar-refractivity contribution in [2.45, 2.75) is 38.0 Å². The van der Waals surface area contributed by atoms with Gasteiger partial charge in [0.2, 0.25) is 16.6 Å². The molecule has 0 saturated heterocycles. The van der Waals surface area contributed by atoms with Crippen molar-refractivity contribution in [2.75, 3.05) is 18.5 Å². The molecule has 0 saturated carbocycles. The third kappa shape index (κ3) is 6.77. The first-order valence-electron chi connectivity index (χ1n) is 11.7. The zero-order valence-corrected chi connectivity index (χ0v) is 22.3. The van der Waals surface area contributed by atoms with E-state index in [-0.39, 0.29) is 0 Å². The van der Waals surface area contributed by atoms with Crippen molar-refractivity contribution in [3.63, 3.8) is 0 Å². The minimum Gasteiger partial charge on any atom is -0.412 e. The van der Waals surface area contributed by atoms with Gasteiger partial charge in [0, 0.05) is 24.6 Å². The van der Waals surface area contributed by atoms with Crippen LogP contribution in [0.2, 0.25) is 24.2 Å². The molecule has 33 heavy (non-hydrogen) atoms. The fourth-order valence-electron chi connectivity index (χ4n) is 4.41. The number of nitrogens with one attached hydrogen (secondary N) is 1. The molecule has 0 radical (unpaired) electrons. The van der Waals surface area contributed by atoms with Gasteiger partial charge in [-0.2, -0.15) is 0 Å². The maximum atomic E-state index is 6.31. The van der Waals surface area contributed by atoms with Crippen LogP contribution in [0.5, 0.6) is 0 Å². The fourth-order valence-corrected chi connectivity index (χ4v) is 11.0. The van der Waals surface area contributed by atoms with Gasteiger partial charge in [0.05, 0.1) is 0 Å². The van der Waals surface area contributed by atoms with Gasteiger partial charge in [0.15, 0.2) is 0 Å². The van der Waals surface area contributed by atoms with Gasteiger partial charge in [-0.05, 0) is 72.7 Å². The van der Waals surface area contributed by atoms with Crippen LogP contribution in [0.3, 0.4) is 0 Å². The van der Waals surface area contributed by atoms with E-state index in [1.54, 1.807) is 0 Å². The van der Waals surface area contributed by atoms with Crippen molar-refractivity contribution < 1.29 is 8.85 Å². The molecule has 0 bridgehead atoms. The van der Waals surface area contributed by atoms with E-state index < -0.39 is 16.6 Å². The summed E-state index contributed by atoms with van der Waals surface area (Å²) in [4.78, 5) is 0. The monoisotopic (exact) mass is 477 g/mol. The Bertz CT molecular complexity index is 811. The standard InChI is InChI=1S/C28H39NO2Si2/c1-7-21-32(22-8-2,30-11-5)27-17-13-25(14-18-27)29-26-15-19-28(20-16-26)33(23-9-3,24-10-4)31-12-6/h7-10,13-20,29H,1-4,11-12,21-24H2,5-6H3. The summed E-state index contributed by atoms with van der Waals surface area (Å²) in [6.45, 7) is 21.3. The number of anilines is 2. The molecule has 0 aliphatic carbocycles. The second-order valence-electron chi connectivity index (χ2n) is 8.11. The van der Waals surface area contributed by atoms with Gasteiger partial charge in [0.1, 0.15) is 0 Å². The Morgan fingerprint density at radius 2 is 0.909 bits per heavy atom. The minimum absolute atomic E-state index is 0.699. The van der Waals surface area contributed by atoms with E-state index in [0.29, 0.717) is 13.2 Å². The van der Waals surface area contributed by atoms with Crippen LogP contribution in [0.4, 0.5) is 11.4 Å². The van der Waals surface area contributed by atoms with Crippen molar-refractivity contribution in [1.82, 2.24) is 0 Å². The Kier molecular flexibility index (Phi) is 10.8. The average molecular weight is 478 g/mol. The Labute approximate surface area is 202 Å². The Balaban J connectivity index is 2.24. The minimum atomic E-state index is -2.13. The van der Waals surface area contributed by atoms with Crippen molar-refractivity contribution in [3.05, 3.63) is 99.2 Å². The lowest BCUT2D eigenvalue weighted by atomic mass is 10.2. The molecule has 0 aromatic heterocycles. The first kappa shape index (κ1) is 26.8. The summed E-state index contributed by atoms with van der Waals surface area (Å²) in [5, 5.41) is 6.06. The third-order valence-electron chi connectivity index (χ3n) is 5.85. The summed E-state index contributed by atoms with van der Waals surface area (Å²) in [6, 6.07) is 20.8. The molecule has 1 N–H and O–H groups in total. The van der Waals surface area contributed by atoms with E-state index in [9.17, 15) is 0 Å². The quantitative estimate of drug-likeness (QED) is 0.220. The highest BCUT2D eigenvalue weighted by Crippen LogP contribution is 2.23. The summed E-state index contributed by atoms with van der Waals surface area (Å²) in [5.74, 6) is 0. The smallest absolute Gasteiger partial charge is 0.231 e. The van der Waals surface area contributed by atoms with E-state index in [2.05, 4.69) is 94.0 Å². The fraction of sp³-hybridized carbons (Fsp3) is 0.286. The first-order chi connectivity index (χ1) is 16.0. The normalized spacial score (nSPS) is 11.6. The van der Waals surface area contributed by atoms with Gasteiger partial charge in [-0.3, -0.25) is 0 Å². The largest absolute Gasteiger partial charge is 0.412 e. The molecule has 5 heteroatoms. The number of allylic oxidation sites excluding steroid dienone is 4. The molecular formula is C28H39NO2Si2. The van der Waals surface area contributed by atoms with Crippen molar-refractivity contribution in [2.24, 2.45) is 0 Å². The Morgan fingerprint density at radius 3 is 1.15 bits per heavy atom. The molecule has 0 heterocycles. The van der Waals surface area contributed by atoms with E-state index in [1.807, 2.05) is 24.3 Å². The predicted molar refractivity (Wildman–Crippen MR) is 150 cm³/mol. The van der Waals surface area contributed by atoms with E-state index in [1.165, 1.54) is 10.4 Å². The maximum absolute atomic E-state index is 6.31. The lowest BCUT2D eigenvalue weighted by molar-refractivity contribution is 0.333. The molecule has 176 valence electrons. The second-order valence-corrected chi connectivity index (χ2v) is 15.4. The highest BCUT2D eigenvalue weighted by Gasteiger charge is 2.35. The van der Waals surface area contributed by atoms with Crippen molar-refractivity contribution in [3.8, 4) is 0 Å². The molecule has 2 aromatic rings. The summed E-state index contributed by atoms with van der Waals surface area (Å²) >= 11 is 0. The second kappa shape index (κ2) is 13.3. The molecule has 0 spiro atoms. The summed E-state index contributed by atoms with van der Waals surface area (Å²) in [7, 11) is -4.26. The zero-order chi connectivity index (χ0) is 24.2. The molecular weight excluding hydrogens is 438 g/mol. The van der Waals surface area contributed by atoms with Gasteiger partial charge in [0.25, 0.3) is 0 Å². The highest BCUT2D eigenvalue weighted by atomic mass is 28.4. The zero-order valence-electron chi connectivity index (χ0n) is 20.3. The van der Waals surface area contributed by atoms with Gasteiger partial charge in [-0.1, -0.05) is 48.6 Å². The summed E-state index contributed by atoms with van der Waals surface area (Å²) < 4.78 is 12.6. The first-order valence-corrected chi connectivity index (χ1v) is 16.4. The van der Waals surface area contributed by atoms with E-state index in [0.717, 1.165) is 35.6 Å². The summed E-state index contributed by atoms with van der Waals surface area (Å²) in [5.41, 5.74) is 2.10. The number of hydrogen-bond donors (Lipinski definition) is 1. The highest BCUT2D eigenvalue weighted by molar-refractivity contribution is 6.87. The molecule has 0 fully saturated rings. The van der Waals surface area contributed by atoms with Crippen LogP contribution in [0.1, 0.15) is 13.8 Å². The maximum Gasteiger partial charge on any atom is 0.231 e. The van der Waals surface area contributed by atoms with Gasteiger partial charge in [-0.15, -0.1) is 26.3 Å². The molecule has 0 atom stereocenters. The van der Waals surface area contributed by atoms with Crippen LogP contribution in [-0.2, 0) is 8.85 Å². The van der Waals surface area contributed by atoms with Crippen LogP contribution in [-0.4, -0.2) is 29.8 Å². The number of hydrogen-bond acceptors (Lipinski definition) is 3. The summed E-state index contributed by atoms with van der Waals surface area (Å²) in [6.07, 6.45) is 7.90. The van der Waals surface area contributed by atoms with Crippen LogP contribution in [0.25, 0.3) is 0 Å². The van der Waals surface area contributed by atoms with Gasteiger partial charge < -0.3 is 14.2 Å². The van der Waals surface area contributed by atoms with Gasteiger partial charge >= 0.3 is 0 Å². The van der Waals surface area contributed by atoms with Crippen LogP contribution >= 0.6 is 0 Å². The average Bonchev–Trinajstić information content (AvgIpc) is 2.81. The van der Waals surface area contributed by atoms with E-state index in [4.69, 9.17) is 8.85 Å². The van der Waals surface area contributed by atoms with Gasteiger partial charge in [-0.25, -0.2) is 0 Å². The lowest BCUT2D eigenvalue weighted by Crippen LogP contribution is -2.50. The predicted octanol–water partition coefficient (Wildman–Crippen LogP) is 6.55. The van der Waals surface area contributed by atoms with Crippen LogP contribution in [0.15, 0.2) is 99.2 Å². The molecule has 0 aliphatic rings. The Hall–Kier alpha value is -2.45. The molecule has 0 unspecified atom stereocenters.